The van der Waals surface area contributed by atoms with E-state index in [0.717, 1.165) is 122 Å². The Kier molecular flexibility index (Phi) is 49.7. The number of ether oxygens (including phenoxy) is 4. The van der Waals surface area contributed by atoms with Crippen LogP contribution in [0.4, 0.5) is 0 Å². The molecule has 2 aliphatic heterocycles. The molecule has 0 spiro atoms. The van der Waals surface area contributed by atoms with Gasteiger partial charge in [-0.05, 0) is 89.9 Å². The molecule has 2 saturated heterocycles. The first kappa shape index (κ1) is 77.5. The van der Waals surface area contributed by atoms with Gasteiger partial charge >= 0.3 is 0 Å². The Hall–Kier alpha value is -3.61. The van der Waals surface area contributed by atoms with Crippen molar-refractivity contribution in [1.29, 1.82) is 0 Å². The number of aliphatic hydroxyl groups excluding tert-OH is 8. The van der Waals surface area contributed by atoms with Crippen molar-refractivity contribution in [1.82, 2.24) is 5.32 Å². The van der Waals surface area contributed by atoms with Crippen LogP contribution in [-0.2, 0) is 23.7 Å². The Balaban J connectivity index is 1.62. The molecule has 0 aromatic heterocycles. The summed E-state index contributed by atoms with van der Waals surface area (Å²) >= 11 is 0. The monoisotopic (exact) mass is 1190 g/mol. The molecule has 0 aliphatic carbocycles. The normalized spacial score (nSPS) is 24.4. The number of nitrogens with one attached hydrogen (secondary N) is 1. The van der Waals surface area contributed by atoms with Gasteiger partial charge in [-0.2, -0.15) is 0 Å². The summed E-state index contributed by atoms with van der Waals surface area (Å²) in [4.78, 5) is 13.3. The molecule has 14 heteroatoms. The third-order valence-electron chi connectivity index (χ3n) is 15.4. The number of hydrogen-bond donors (Lipinski definition) is 9. The molecular formula is C71H119NO13. The summed E-state index contributed by atoms with van der Waals surface area (Å²) in [6.07, 6.45) is 62.1. The van der Waals surface area contributed by atoms with Crippen molar-refractivity contribution in [2.24, 2.45) is 0 Å². The van der Waals surface area contributed by atoms with Crippen LogP contribution in [0.25, 0.3) is 0 Å². The van der Waals surface area contributed by atoms with Gasteiger partial charge in [0.15, 0.2) is 12.6 Å². The molecule has 2 aliphatic rings. The molecular weight excluding hydrogens is 1070 g/mol. The molecule has 12 unspecified atom stereocenters. The molecule has 9 N–H and O–H groups in total. The van der Waals surface area contributed by atoms with Gasteiger partial charge in [-0.3, -0.25) is 4.79 Å². The number of carbonyl (C=O) groups is 1. The minimum Gasteiger partial charge on any atom is -0.394 e. The van der Waals surface area contributed by atoms with Crippen molar-refractivity contribution in [3.05, 3.63) is 122 Å². The molecule has 85 heavy (non-hydrogen) atoms. The molecule has 0 radical (unpaired) electrons. The summed E-state index contributed by atoms with van der Waals surface area (Å²) in [6, 6.07) is -0.841. The third-order valence-corrected chi connectivity index (χ3v) is 15.4. The first-order valence-electron chi connectivity index (χ1n) is 33.3. The van der Waals surface area contributed by atoms with E-state index < -0.39 is 86.8 Å². The lowest BCUT2D eigenvalue weighted by Crippen LogP contribution is -2.65. The SMILES string of the molecule is CC/C=C\C/C=C\C/C=C\C/C=C\C/C=C\C/C=C\C/C=C\C/C=C\C/C=C\C/C=C\CCCCCCCCCCC(=O)NC(COC1OC(CO)C(OC2OC(CO)C(O)C(O)C2O)C(O)C1O)C(O)CCCCCCCCCCCCCC. The maximum Gasteiger partial charge on any atom is 0.220 e. The van der Waals surface area contributed by atoms with Crippen LogP contribution < -0.4 is 5.32 Å². The summed E-state index contributed by atoms with van der Waals surface area (Å²) in [5.74, 6) is -0.221. The predicted octanol–water partition coefficient (Wildman–Crippen LogP) is 12.9. The number of rotatable bonds is 52. The molecule has 0 bridgehead atoms. The van der Waals surface area contributed by atoms with Crippen LogP contribution >= 0.6 is 0 Å². The summed E-state index contributed by atoms with van der Waals surface area (Å²) in [5.41, 5.74) is 0. The zero-order valence-electron chi connectivity index (χ0n) is 52.6. The number of amides is 1. The van der Waals surface area contributed by atoms with Crippen molar-refractivity contribution in [2.75, 3.05) is 19.8 Å². The Morgan fingerprint density at radius 2 is 0.812 bits per heavy atom. The molecule has 14 nitrogen and oxygen atoms in total. The highest BCUT2D eigenvalue weighted by molar-refractivity contribution is 5.76. The third kappa shape index (κ3) is 39.1. The van der Waals surface area contributed by atoms with E-state index in [-0.39, 0.29) is 18.9 Å². The van der Waals surface area contributed by atoms with Crippen LogP contribution in [0.2, 0.25) is 0 Å². The summed E-state index contributed by atoms with van der Waals surface area (Å²) in [5, 5.41) is 87.3. The first-order chi connectivity index (χ1) is 41.6. The van der Waals surface area contributed by atoms with E-state index in [1.54, 1.807) is 0 Å². The van der Waals surface area contributed by atoms with E-state index >= 15 is 0 Å². The number of hydrogen-bond acceptors (Lipinski definition) is 13. The number of allylic oxidation sites excluding steroid dienone is 20. The van der Waals surface area contributed by atoms with Crippen molar-refractivity contribution in [2.45, 2.75) is 299 Å². The number of aliphatic hydroxyl groups is 8. The molecule has 12 atom stereocenters. The topological polar surface area (TPSA) is 228 Å². The van der Waals surface area contributed by atoms with Gasteiger partial charge in [0.1, 0.15) is 48.8 Å². The molecule has 2 rings (SSSR count). The van der Waals surface area contributed by atoms with Gasteiger partial charge in [0.25, 0.3) is 0 Å². The molecule has 486 valence electrons. The summed E-state index contributed by atoms with van der Waals surface area (Å²) < 4.78 is 22.8. The van der Waals surface area contributed by atoms with Crippen molar-refractivity contribution in [3.8, 4) is 0 Å². The molecule has 0 aromatic carbocycles. The molecule has 2 fully saturated rings. The zero-order chi connectivity index (χ0) is 61.6. The van der Waals surface area contributed by atoms with E-state index in [0.29, 0.717) is 12.8 Å². The minimum atomic E-state index is -1.79. The standard InChI is InChI=1S/C71H119NO13/c1-3-5-7-9-11-13-15-17-18-19-20-21-22-23-24-25-26-27-28-29-30-31-32-33-34-35-36-37-38-39-40-41-42-43-45-47-49-51-53-55-63(76)72-59(60(75)54-52-50-48-46-44-16-14-12-10-8-6-4-2)58-82-70-68(81)66(79)69(62(57-74)84-70)85-71-67(80)65(78)64(77)61(56-73)83-71/h5,7,11,13,17-18,20-21,23-24,26-27,29-30,32-33,35-36,38-39,59-62,64-71,73-75,77-81H,3-4,6,8-10,12,14-16,19,22,25,28,31,34,37,40-58H2,1-2H3,(H,72,76)/b7-5-,13-11-,18-17-,21-20-,24-23-,27-26-,30-29-,33-32-,36-35-,39-38-. The predicted molar refractivity (Wildman–Crippen MR) is 345 cm³/mol. The Labute approximate surface area is 514 Å². The fraction of sp³-hybridized carbons (Fsp3) is 0.704. The second-order valence-corrected chi connectivity index (χ2v) is 22.9. The number of carbonyl (C=O) groups excluding carboxylic acids is 1. The second kappa shape index (κ2) is 54.5. The summed E-state index contributed by atoms with van der Waals surface area (Å²) in [7, 11) is 0. The molecule has 1 amide bonds. The van der Waals surface area contributed by atoms with E-state index in [1.165, 1.54) is 70.6 Å². The highest BCUT2D eigenvalue weighted by Gasteiger charge is 2.51. The fourth-order valence-corrected chi connectivity index (χ4v) is 10.1. The quantitative estimate of drug-likeness (QED) is 0.0204. The van der Waals surface area contributed by atoms with Crippen LogP contribution in [-0.4, -0.2) is 140 Å². The molecule has 0 saturated carbocycles. The van der Waals surface area contributed by atoms with Gasteiger partial charge in [0.05, 0.1) is 32.0 Å². The Morgan fingerprint density at radius 3 is 1.25 bits per heavy atom. The largest absolute Gasteiger partial charge is 0.394 e. The zero-order valence-corrected chi connectivity index (χ0v) is 52.6. The minimum absolute atomic E-state index is 0.221. The average molecular weight is 1190 g/mol. The van der Waals surface area contributed by atoms with Crippen molar-refractivity contribution in [3.63, 3.8) is 0 Å². The van der Waals surface area contributed by atoms with E-state index in [9.17, 15) is 45.6 Å². The van der Waals surface area contributed by atoms with Crippen LogP contribution in [0, 0.1) is 0 Å². The van der Waals surface area contributed by atoms with Gasteiger partial charge < -0.3 is 65.1 Å². The smallest absolute Gasteiger partial charge is 0.220 e. The van der Waals surface area contributed by atoms with Gasteiger partial charge in [-0.15, -0.1) is 0 Å². The average Bonchev–Trinajstić information content (AvgIpc) is 3.60. The van der Waals surface area contributed by atoms with Crippen molar-refractivity contribution >= 4 is 5.91 Å². The number of unbranched alkanes of at least 4 members (excludes halogenated alkanes) is 19. The van der Waals surface area contributed by atoms with Crippen LogP contribution in [0.15, 0.2) is 122 Å². The molecule has 2 heterocycles. The second-order valence-electron chi connectivity index (χ2n) is 22.9. The Bertz CT molecular complexity index is 1890. The molecule has 0 aromatic rings. The Morgan fingerprint density at radius 1 is 0.435 bits per heavy atom. The van der Waals surface area contributed by atoms with E-state index in [1.807, 2.05) is 0 Å². The van der Waals surface area contributed by atoms with Gasteiger partial charge in [-0.25, -0.2) is 0 Å². The maximum absolute atomic E-state index is 13.3. The first-order valence-corrected chi connectivity index (χ1v) is 33.3. The lowest BCUT2D eigenvalue weighted by Gasteiger charge is -2.46. The highest BCUT2D eigenvalue weighted by Crippen LogP contribution is 2.30. The van der Waals surface area contributed by atoms with Gasteiger partial charge in [-0.1, -0.05) is 251 Å². The van der Waals surface area contributed by atoms with E-state index in [2.05, 4.69) is 141 Å². The van der Waals surface area contributed by atoms with E-state index in [4.69, 9.17) is 18.9 Å². The van der Waals surface area contributed by atoms with Gasteiger partial charge in [0.2, 0.25) is 5.91 Å². The lowest BCUT2D eigenvalue weighted by molar-refractivity contribution is -0.359. The van der Waals surface area contributed by atoms with Crippen LogP contribution in [0.1, 0.15) is 226 Å². The lowest BCUT2D eigenvalue weighted by atomic mass is 9.97. The van der Waals surface area contributed by atoms with Crippen LogP contribution in [0.5, 0.6) is 0 Å². The fourth-order valence-electron chi connectivity index (χ4n) is 10.1. The highest BCUT2D eigenvalue weighted by atomic mass is 16.7. The van der Waals surface area contributed by atoms with Crippen molar-refractivity contribution < 1.29 is 64.6 Å². The van der Waals surface area contributed by atoms with Gasteiger partial charge in [0, 0.05) is 6.42 Å². The maximum atomic E-state index is 13.3. The summed E-state index contributed by atoms with van der Waals surface area (Å²) in [6.45, 7) is 2.72. The van der Waals surface area contributed by atoms with Crippen LogP contribution in [0.3, 0.4) is 0 Å².